The van der Waals surface area contributed by atoms with E-state index < -0.39 is 5.54 Å². The average Bonchev–Trinajstić information content (AvgIpc) is 3.19. The summed E-state index contributed by atoms with van der Waals surface area (Å²) in [5.74, 6) is 0.476. The number of piperidine rings is 1. The highest BCUT2D eigenvalue weighted by molar-refractivity contribution is 6.07. The summed E-state index contributed by atoms with van der Waals surface area (Å²) in [6.45, 7) is 3.25. The minimum absolute atomic E-state index is 0.0677. The fraction of sp³-hybridized carbons (Fsp3) is 0.609. The lowest BCUT2D eigenvalue weighted by atomic mass is 9.78. The zero-order chi connectivity index (χ0) is 20.2. The summed E-state index contributed by atoms with van der Waals surface area (Å²) in [5, 5.41) is 3.03. The Morgan fingerprint density at radius 3 is 2.21 bits per heavy atom. The molecule has 0 spiro atoms. The molecule has 1 aromatic carbocycles. The monoisotopic (exact) mass is 395 g/mol. The molecule has 4 amide bonds. The fourth-order valence-electron chi connectivity index (χ4n) is 5.60. The molecule has 1 aromatic rings. The third-order valence-electron chi connectivity index (χ3n) is 7.72. The molecule has 1 atom stereocenters. The summed E-state index contributed by atoms with van der Waals surface area (Å²) >= 11 is 0. The van der Waals surface area contributed by atoms with Gasteiger partial charge in [-0.3, -0.25) is 14.5 Å². The smallest absolute Gasteiger partial charge is 0.325 e. The van der Waals surface area contributed by atoms with Crippen molar-refractivity contribution < 1.29 is 14.4 Å². The van der Waals surface area contributed by atoms with E-state index in [9.17, 15) is 14.4 Å². The molecule has 5 rings (SSSR count). The van der Waals surface area contributed by atoms with Gasteiger partial charge < -0.3 is 10.2 Å². The molecule has 29 heavy (non-hydrogen) atoms. The predicted molar refractivity (Wildman–Crippen MR) is 108 cm³/mol. The number of benzene rings is 1. The van der Waals surface area contributed by atoms with Crippen LogP contribution in [0, 0.1) is 11.8 Å². The lowest BCUT2D eigenvalue weighted by molar-refractivity contribution is -0.140. The van der Waals surface area contributed by atoms with Crippen LogP contribution in [0.5, 0.6) is 0 Å². The molecule has 2 aliphatic carbocycles. The van der Waals surface area contributed by atoms with Crippen molar-refractivity contribution in [1.29, 1.82) is 0 Å². The van der Waals surface area contributed by atoms with Crippen LogP contribution < -0.4 is 5.32 Å². The number of amides is 4. The lowest BCUT2D eigenvalue weighted by Crippen LogP contribution is -2.55. The van der Waals surface area contributed by atoms with Gasteiger partial charge in [0.05, 0.1) is 0 Å². The van der Waals surface area contributed by atoms with Crippen molar-refractivity contribution in [2.45, 2.75) is 63.5 Å². The van der Waals surface area contributed by atoms with E-state index >= 15 is 0 Å². The van der Waals surface area contributed by atoms with Gasteiger partial charge in [-0.05, 0) is 62.5 Å². The Labute approximate surface area is 171 Å². The van der Waals surface area contributed by atoms with Gasteiger partial charge in [-0.25, -0.2) is 4.79 Å². The molecule has 154 valence electrons. The van der Waals surface area contributed by atoms with Crippen molar-refractivity contribution in [3.8, 4) is 0 Å². The van der Waals surface area contributed by atoms with Crippen LogP contribution in [0.3, 0.4) is 0 Å². The molecule has 3 fully saturated rings. The summed E-state index contributed by atoms with van der Waals surface area (Å²) < 4.78 is 0. The number of urea groups is 1. The first kappa shape index (κ1) is 18.6. The predicted octanol–water partition coefficient (Wildman–Crippen LogP) is 2.50. The molecule has 2 aliphatic heterocycles. The van der Waals surface area contributed by atoms with E-state index in [-0.39, 0.29) is 35.7 Å². The van der Waals surface area contributed by atoms with Gasteiger partial charge in [-0.2, -0.15) is 0 Å². The van der Waals surface area contributed by atoms with E-state index in [2.05, 4.69) is 17.4 Å². The van der Waals surface area contributed by atoms with Crippen LogP contribution in [0.4, 0.5) is 4.79 Å². The quantitative estimate of drug-likeness (QED) is 0.800. The summed E-state index contributed by atoms with van der Waals surface area (Å²) in [6, 6.07) is 7.83. The van der Waals surface area contributed by atoms with E-state index in [4.69, 9.17) is 0 Å². The molecule has 2 saturated heterocycles. The Hall–Kier alpha value is -2.37. The second kappa shape index (κ2) is 6.85. The fourth-order valence-corrected chi connectivity index (χ4v) is 5.60. The van der Waals surface area contributed by atoms with Crippen LogP contribution in [-0.2, 0) is 22.4 Å². The molecule has 2 heterocycles. The van der Waals surface area contributed by atoms with Crippen LogP contribution in [0.15, 0.2) is 24.3 Å². The SMILES string of the molecule is CC1(C2CCN(C(=O)C3CCC3)CC2)NC(=O)N(C2Cc3ccccc3C2)C1=O. The van der Waals surface area contributed by atoms with Gasteiger partial charge in [-0.1, -0.05) is 30.7 Å². The van der Waals surface area contributed by atoms with E-state index in [1.807, 2.05) is 24.0 Å². The maximum absolute atomic E-state index is 13.4. The summed E-state index contributed by atoms with van der Waals surface area (Å²) in [7, 11) is 0. The minimum atomic E-state index is -0.864. The van der Waals surface area contributed by atoms with Gasteiger partial charge in [-0.15, -0.1) is 0 Å². The highest BCUT2D eigenvalue weighted by atomic mass is 16.2. The Morgan fingerprint density at radius 1 is 1.03 bits per heavy atom. The van der Waals surface area contributed by atoms with Gasteiger partial charge in [0.1, 0.15) is 5.54 Å². The van der Waals surface area contributed by atoms with E-state index in [0.717, 1.165) is 44.9 Å². The van der Waals surface area contributed by atoms with E-state index in [0.29, 0.717) is 13.1 Å². The number of likely N-dealkylation sites (tertiary alicyclic amines) is 1. The number of carbonyl (C=O) groups excluding carboxylic acids is 3. The number of nitrogens with one attached hydrogen (secondary N) is 1. The molecule has 0 bridgehead atoms. The van der Waals surface area contributed by atoms with Crippen molar-refractivity contribution in [3.63, 3.8) is 0 Å². The normalized spacial score (nSPS) is 28.4. The molecule has 6 nitrogen and oxygen atoms in total. The number of nitrogens with zero attached hydrogens (tertiary/aromatic N) is 2. The first-order valence-electron chi connectivity index (χ1n) is 11.0. The van der Waals surface area contributed by atoms with Crippen LogP contribution in [0.25, 0.3) is 0 Å². The van der Waals surface area contributed by atoms with Gasteiger partial charge in [0, 0.05) is 25.0 Å². The van der Waals surface area contributed by atoms with Gasteiger partial charge in [0.25, 0.3) is 5.91 Å². The molecule has 1 unspecified atom stereocenters. The van der Waals surface area contributed by atoms with Crippen molar-refractivity contribution >= 4 is 17.8 Å². The third kappa shape index (κ3) is 2.95. The first-order chi connectivity index (χ1) is 14.0. The summed E-state index contributed by atoms with van der Waals surface area (Å²) in [4.78, 5) is 42.2. The van der Waals surface area contributed by atoms with Crippen molar-refractivity contribution in [2.24, 2.45) is 11.8 Å². The summed E-state index contributed by atoms with van der Waals surface area (Å²) in [6.07, 6.45) is 6.19. The Morgan fingerprint density at radius 2 is 1.66 bits per heavy atom. The number of imide groups is 1. The van der Waals surface area contributed by atoms with Crippen LogP contribution >= 0.6 is 0 Å². The molecule has 6 heteroatoms. The van der Waals surface area contributed by atoms with Gasteiger partial charge in [0.2, 0.25) is 5.91 Å². The minimum Gasteiger partial charge on any atom is -0.342 e. The Bertz CT molecular complexity index is 832. The topological polar surface area (TPSA) is 69.7 Å². The van der Waals surface area contributed by atoms with E-state index in [1.54, 1.807) is 0 Å². The first-order valence-corrected chi connectivity index (χ1v) is 11.0. The van der Waals surface area contributed by atoms with Crippen molar-refractivity contribution in [1.82, 2.24) is 15.1 Å². The van der Waals surface area contributed by atoms with Crippen LogP contribution in [0.1, 0.15) is 50.2 Å². The van der Waals surface area contributed by atoms with Gasteiger partial charge >= 0.3 is 6.03 Å². The molecule has 4 aliphatic rings. The van der Waals surface area contributed by atoms with Crippen LogP contribution in [-0.4, -0.2) is 52.3 Å². The zero-order valence-corrected chi connectivity index (χ0v) is 17.0. The number of hydrogen-bond donors (Lipinski definition) is 1. The Balaban J connectivity index is 1.26. The third-order valence-corrected chi connectivity index (χ3v) is 7.72. The number of fused-ring (bicyclic) bond motifs is 1. The highest BCUT2D eigenvalue weighted by Crippen LogP contribution is 2.37. The number of carbonyl (C=O) groups is 3. The number of rotatable bonds is 3. The second-order valence-electron chi connectivity index (χ2n) is 9.37. The molecule has 0 radical (unpaired) electrons. The molecular weight excluding hydrogens is 366 g/mol. The number of hydrogen-bond acceptors (Lipinski definition) is 3. The molecule has 0 aromatic heterocycles. The maximum Gasteiger partial charge on any atom is 0.325 e. The zero-order valence-electron chi connectivity index (χ0n) is 17.0. The molecular formula is C23H29N3O3. The largest absolute Gasteiger partial charge is 0.342 e. The highest BCUT2D eigenvalue weighted by Gasteiger charge is 2.55. The van der Waals surface area contributed by atoms with Gasteiger partial charge in [0.15, 0.2) is 0 Å². The molecule has 1 saturated carbocycles. The van der Waals surface area contributed by atoms with E-state index in [1.165, 1.54) is 16.0 Å². The van der Waals surface area contributed by atoms with Crippen LogP contribution in [0.2, 0.25) is 0 Å². The molecule has 1 N–H and O–H groups in total. The second-order valence-corrected chi connectivity index (χ2v) is 9.37. The Kier molecular flexibility index (Phi) is 4.41. The lowest BCUT2D eigenvalue weighted by Gasteiger charge is -2.41. The standard InChI is InChI=1S/C23H29N3O3/c1-23(18-9-11-25(12-10-18)20(27)15-7-4-8-15)21(28)26(22(29)24-23)19-13-16-5-2-3-6-17(16)14-19/h2-3,5-6,15,18-19H,4,7-14H2,1H3,(H,24,29). The van der Waals surface area contributed by atoms with Crippen molar-refractivity contribution in [3.05, 3.63) is 35.4 Å². The van der Waals surface area contributed by atoms with Crippen molar-refractivity contribution in [2.75, 3.05) is 13.1 Å². The summed E-state index contributed by atoms with van der Waals surface area (Å²) in [5.41, 5.74) is 1.60. The average molecular weight is 396 g/mol. The maximum atomic E-state index is 13.4.